The summed E-state index contributed by atoms with van der Waals surface area (Å²) < 4.78 is 5.54. The third-order valence-electron chi connectivity index (χ3n) is 3.43. The molecule has 0 unspecified atom stereocenters. The molecule has 0 spiro atoms. The number of benzene rings is 1. The minimum atomic E-state index is 0.209. The van der Waals surface area contributed by atoms with Gasteiger partial charge >= 0.3 is 0 Å². The first-order valence-electron chi connectivity index (χ1n) is 6.83. The normalized spacial score (nSPS) is 16.6. The largest absolute Gasteiger partial charge is 0.376 e. The van der Waals surface area contributed by atoms with Crippen molar-refractivity contribution in [1.29, 1.82) is 0 Å². The third kappa shape index (κ3) is 4.65. The van der Waals surface area contributed by atoms with Crippen molar-refractivity contribution in [1.82, 2.24) is 9.80 Å². The van der Waals surface area contributed by atoms with E-state index in [0.29, 0.717) is 19.6 Å². The average Bonchev–Trinajstić information content (AvgIpc) is 2.45. The van der Waals surface area contributed by atoms with Gasteiger partial charge in [-0.05, 0) is 12.6 Å². The highest BCUT2D eigenvalue weighted by molar-refractivity contribution is 5.76. The van der Waals surface area contributed by atoms with Crippen molar-refractivity contribution in [3.63, 3.8) is 0 Å². The molecule has 1 aliphatic heterocycles. The Morgan fingerprint density at radius 1 is 1.16 bits per heavy atom. The molecular formula is C15H22N2O2. The number of amides is 1. The molecule has 1 aromatic carbocycles. The zero-order valence-corrected chi connectivity index (χ0v) is 11.5. The zero-order chi connectivity index (χ0) is 13.5. The first kappa shape index (κ1) is 14.0. The molecule has 1 aliphatic rings. The van der Waals surface area contributed by atoms with E-state index in [2.05, 4.69) is 11.9 Å². The summed E-state index contributed by atoms with van der Waals surface area (Å²) >= 11 is 0. The van der Waals surface area contributed by atoms with E-state index in [9.17, 15) is 4.79 Å². The Balaban J connectivity index is 1.61. The monoisotopic (exact) mass is 262 g/mol. The lowest BCUT2D eigenvalue weighted by molar-refractivity contribution is -0.134. The predicted octanol–water partition coefficient (Wildman–Crippen LogP) is 1.37. The highest BCUT2D eigenvalue weighted by atomic mass is 16.5. The first-order chi connectivity index (χ1) is 9.25. The Bertz CT molecular complexity index is 386. The van der Waals surface area contributed by atoms with Crippen molar-refractivity contribution in [3.8, 4) is 0 Å². The molecule has 2 rings (SSSR count). The number of carbonyl (C=O) groups excluding carboxylic acids is 1. The fourth-order valence-corrected chi connectivity index (χ4v) is 2.14. The van der Waals surface area contributed by atoms with Crippen LogP contribution in [-0.2, 0) is 16.1 Å². The van der Waals surface area contributed by atoms with E-state index in [1.54, 1.807) is 0 Å². The molecule has 0 atom stereocenters. The van der Waals surface area contributed by atoms with Crippen molar-refractivity contribution >= 4 is 5.91 Å². The lowest BCUT2D eigenvalue weighted by Gasteiger charge is -2.32. The van der Waals surface area contributed by atoms with E-state index in [0.717, 1.165) is 31.7 Å². The summed E-state index contributed by atoms with van der Waals surface area (Å²) in [5, 5.41) is 0. The van der Waals surface area contributed by atoms with Gasteiger partial charge in [-0.3, -0.25) is 4.79 Å². The number of hydrogen-bond acceptors (Lipinski definition) is 3. The van der Waals surface area contributed by atoms with Crippen LogP contribution in [0.5, 0.6) is 0 Å². The summed E-state index contributed by atoms with van der Waals surface area (Å²) in [6, 6.07) is 10.0. The number of likely N-dealkylation sites (N-methyl/N-ethyl adjacent to an activating group) is 1. The van der Waals surface area contributed by atoms with Crippen molar-refractivity contribution < 1.29 is 9.53 Å². The Labute approximate surface area is 115 Å². The highest BCUT2D eigenvalue weighted by Gasteiger charge is 2.18. The van der Waals surface area contributed by atoms with E-state index in [-0.39, 0.29) is 5.91 Å². The maximum absolute atomic E-state index is 11.9. The molecule has 19 heavy (non-hydrogen) atoms. The van der Waals surface area contributed by atoms with Crippen LogP contribution in [-0.4, -0.2) is 55.5 Å². The molecule has 0 radical (unpaired) electrons. The van der Waals surface area contributed by atoms with Crippen molar-refractivity contribution in [2.75, 3.05) is 39.8 Å². The van der Waals surface area contributed by atoms with E-state index < -0.39 is 0 Å². The Kier molecular flexibility index (Phi) is 5.36. The van der Waals surface area contributed by atoms with Gasteiger partial charge in [0.25, 0.3) is 0 Å². The number of hydrogen-bond donors (Lipinski definition) is 0. The number of piperazine rings is 1. The van der Waals surface area contributed by atoms with Gasteiger partial charge in [0.2, 0.25) is 5.91 Å². The Morgan fingerprint density at radius 2 is 1.84 bits per heavy atom. The quantitative estimate of drug-likeness (QED) is 0.751. The van der Waals surface area contributed by atoms with Gasteiger partial charge in [0.15, 0.2) is 0 Å². The SMILES string of the molecule is CN1CCN(C(=O)CCOCc2ccccc2)CC1. The molecule has 0 N–H and O–H groups in total. The molecule has 0 aromatic heterocycles. The second-order valence-corrected chi connectivity index (χ2v) is 4.97. The molecule has 0 bridgehead atoms. The van der Waals surface area contributed by atoms with Crippen LogP contribution >= 0.6 is 0 Å². The van der Waals surface area contributed by atoms with Crippen LogP contribution < -0.4 is 0 Å². The maximum Gasteiger partial charge on any atom is 0.224 e. The summed E-state index contributed by atoms with van der Waals surface area (Å²) in [5.74, 6) is 0.209. The lowest BCUT2D eigenvalue weighted by atomic mass is 10.2. The maximum atomic E-state index is 11.9. The van der Waals surface area contributed by atoms with Gasteiger partial charge in [0.1, 0.15) is 0 Å². The van der Waals surface area contributed by atoms with Crippen LogP contribution in [0.2, 0.25) is 0 Å². The van der Waals surface area contributed by atoms with Gasteiger partial charge in [-0.25, -0.2) is 0 Å². The van der Waals surface area contributed by atoms with Crippen LogP contribution in [0.1, 0.15) is 12.0 Å². The first-order valence-corrected chi connectivity index (χ1v) is 6.83. The lowest BCUT2D eigenvalue weighted by Crippen LogP contribution is -2.47. The van der Waals surface area contributed by atoms with Crippen LogP contribution in [0.3, 0.4) is 0 Å². The number of ether oxygens (including phenoxy) is 1. The zero-order valence-electron chi connectivity index (χ0n) is 11.5. The molecule has 1 amide bonds. The van der Waals surface area contributed by atoms with Gasteiger partial charge in [0.05, 0.1) is 19.6 Å². The van der Waals surface area contributed by atoms with E-state index >= 15 is 0 Å². The fraction of sp³-hybridized carbons (Fsp3) is 0.533. The van der Waals surface area contributed by atoms with E-state index in [1.807, 2.05) is 35.2 Å². The summed E-state index contributed by atoms with van der Waals surface area (Å²) in [7, 11) is 2.09. The standard InChI is InChI=1S/C15H22N2O2/c1-16-8-10-17(11-9-16)15(18)7-12-19-13-14-5-3-2-4-6-14/h2-6H,7-13H2,1H3. The van der Waals surface area contributed by atoms with E-state index in [1.165, 1.54) is 0 Å². The van der Waals surface area contributed by atoms with Crippen LogP contribution in [0.4, 0.5) is 0 Å². The van der Waals surface area contributed by atoms with Crippen molar-refractivity contribution in [3.05, 3.63) is 35.9 Å². The van der Waals surface area contributed by atoms with Gasteiger partial charge in [-0.15, -0.1) is 0 Å². The van der Waals surface area contributed by atoms with Gasteiger partial charge in [0, 0.05) is 26.2 Å². The van der Waals surface area contributed by atoms with E-state index in [4.69, 9.17) is 4.74 Å². The average molecular weight is 262 g/mol. The summed E-state index contributed by atoms with van der Waals surface area (Å²) in [4.78, 5) is 16.1. The third-order valence-corrected chi connectivity index (χ3v) is 3.43. The van der Waals surface area contributed by atoms with Gasteiger partial charge in [-0.1, -0.05) is 30.3 Å². The van der Waals surface area contributed by atoms with Gasteiger partial charge in [-0.2, -0.15) is 0 Å². The molecule has 104 valence electrons. The van der Waals surface area contributed by atoms with Crippen molar-refractivity contribution in [2.45, 2.75) is 13.0 Å². The molecule has 1 heterocycles. The topological polar surface area (TPSA) is 32.8 Å². The number of carbonyl (C=O) groups is 1. The fourth-order valence-electron chi connectivity index (χ4n) is 2.14. The highest BCUT2D eigenvalue weighted by Crippen LogP contribution is 2.04. The molecule has 4 nitrogen and oxygen atoms in total. The second-order valence-electron chi connectivity index (χ2n) is 4.97. The predicted molar refractivity (Wildman–Crippen MR) is 74.8 cm³/mol. The smallest absolute Gasteiger partial charge is 0.224 e. The molecule has 1 aromatic rings. The minimum absolute atomic E-state index is 0.209. The number of rotatable bonds is 5. The van der Waals surface area contributed by atoms with Crippen LogP contribution in [0, 0.1) is 0 Å². The molecule has 4 heteroatoms. The summed E-state index contributed by atoms with van der Waals surface area (Å²) in [6.07, 6.45) is 0.483. The Hall–Kier alpha value is -1.39. The number of nitrogens with zero attached hydrogens (tertiary/aromatic N) is 2. The second kappa shape index (κ2) is 7.26. The molecule has 1 fully saturated rings. The molecule has 0 aliphatic carbocycles. The molecular weight excluding hydrogens is 240 g/mol. The summed E-state index contributed by atoms with van der Waals surface area (Å²) in [6.45, 7) is 4.70. The van der Waals surface area contributed by atoms with Gasteiger partial charge < -0.3 is 14.5 Å². The summed E-state index contributed by atoms with van der Waals surface area (Å²) in [5.41, 5.74) is 1.15. The van der Waals surface area contributed by atoms with Crippen molar-refractivity contribution in [2.24, 2.45) is 0 Å². The Morgan fingerprint density at radius 3 is 2.53 bits per heavy atom. The van der Waals surface area contributed by atoms with Crippen LogP contribution in [0.25, 0.3) is 0 Å². The molecule has 1 saturated heterocycles. The van der Waals surface area contributed by atoms with Crippen LogP contribution in [0.15, 0.2) is 30.3 Å². The molecule has 0 saturated carbocycles. The minimum Gasteiger partial charge on any atom is -0.376 e.